The molecule has 25 heavy (non-hydrogen) atoms. The minimum absolute atomic E-state index is 0.179. The Morgan fingerprint density at radius 2 is 2.08 bits per heavy atom. The molecule has 1 amide bonds. The number of carbonyl (C=O) groups excluding carboxylic acids is 2. The zero-order chi connectivity index (χ0) is 17.4. The van der Waals surface area contributed by atoms with Crippen LogP contribution in [0.15, 0.2) is 24.3 Å². The molecule has 1 aromatic rings. The van der Waals surface area contributed by atoms with Gasteiger partial charge in [-0.15, -0.1) is 0 Å². The van der Waals surface area contributed by atoms with Crippen LogP contribution < -0.4 is 0 Å². The van der Waals surface area contributed by atoms with Crippen molar-refractivity contribution in [2.45, 2.75) is 31.7 Å². The van der Waals surface area contributed by atoms with Crippen molar-refractivity contribution in [3.8, 4) is 0 Å². The van der Waals surface area contributed by atoms with Crippen LogP contribution in [0.5, 0.6) is 0 Å². The number of fused-ring (bicyclic) bond motifs is 3. The Morgan fingerprint density at radius 1 is 1.20 bits per heavy atom. The number of likely N-dealkylation sites (tertiary alicyclic amines) is 1. The van der Waals surface area contributed by atoms with E-state index in [0.717, 1.165) is 25.2 Å². The lowest BCUT2D eigenvalue weighted by molar-refractivity contribution is -0.129. The van der Waals surface area contributed by atoms with Crippen molar-refractivity contribution in [1.82, 2.24) is 9.80 Å². The molecule has 0 spiro atoms. The molecule has 3 saturated heterocycles. The average Bonchev–Trinajstić information content (AvgIpc) is 3.19. The van der Waals surface area contributed by atoms with Gasteiger partial charge in [0.05, 0.1) is 19.1 Å². The van der Waals surface area contributed by atoms with Gasteiger partial charge in [0.1, 0.15) is 0 Å². The van der Waals surface area contributed by atoms with Crippen LogP contribution in [0, 0.1) is 11.8 Å². The fourth-order valence-electron chi connectivity index (χ4n) is 4.97. The third-order valence-electron chi connectivity index (χ3n) is 6.18. The van der Waals surface area contributed by atoms with E-state index in [9.17, 15) is 9.59 Å². The molecule has 0 aromatic heterocycles. The van der Waals surface area contributed by atoms with Crippen molar-refractivity contribution >= 4 is 11.9 Å². The van der Waals surface area contributed by atoms with Crippen LogP contribution in [0.4, 0.5) is 0 Å². The summed E-state index contributed by atoms with van der Waals surface area (Å²) in [7, 11) is 1.37. The van der Waals surface area contributed by atoms with Gasteiger partial charge >= 0.3 is 5.97 Å². The van der Waals surface area contributed by atoms with Gasteiger partial charge in [0.25, 0.3) is 0 Å². The Hall–Kier alpha value is -1.88. The quantitative estimate of drug-likeness (QED) is 0.788. The van der Waals surface area contributed by atoms with Crippen molar-refractivity contribution < 1.29 is 14.3 Å². The van der Waals surface area contributed by atoms with E-state index in [4.69, 9.17) is 4.74 Å². The summed E-state index contributed by atoms with van der Waals surface area (Å²) < 4.78 is 4.76. The van der Waals surface area contributed by atoms with E-state index >= 15 is 0 Å². The largest absolute Gasteiger partial charge is 0.465 e. The SMILES string of the molecule is COC(=O)c1cccc(CC(=O)N2C[C@@H]3CN4CCCC[C@@H]4[C@@H]3C2)c1. The fourth-order valence-corrected chi connectivity index (χ4v) is 4.97. The van der Waals surface area contributed by atoms with Crippen LogP contribution in [0.1, 0.15) is 35.2 Å². The summed E-state index contributed by atoms with van der Waals surface area (Å²) in [5, 5.41) is 0. The summed E-state index contributed by atoms with van der Waals surface area (Å²) in [6.45, 7) is 4.21. The number of ether oxygens (including phenoxy) is 1. The molecular formula is C20H26N2O3. The molecule has 3 atom stereocenters. The van der Waals surface area contributed by atoms with E-state index in [1.807, 2.05) is 17.0 Å². The molecule has 3 fully saturated rings. The van der Waals surface area contributed by atoms with Crippen LogP contribution in [-0.4, -0.2) is 61.0 Å². The number of hydrogen-bond acceptors (Lipinski definition) is 4. The second-order valence-corrected chi connectivity index (χ2v) is 7.65. The number of esters is 1. The van der Waals surface area contributed by atoms with Crippen molar-refractivity contribution in [3.05, 3.63) is 35.4 Å². The Balaban J connectivity index is 1.39. The summed E-state index contributed by atoms with van der Waals surface area (Å²) in [4.78, 5) is 29.1. The van der Waals surface area contributed by atoms with Crippen molar-refractivity contribution in [3.63, 3.8) is 0 Å². The summed E-state index contributed by atoms with van der Waals surface area (Å²) in [6.07, 6.45) is 4.32. The normalized spacial score (nSPS) is 28.5. The molecule has 0 saturated carbocycles. The molecule has 134 valence electrons. The van der Waals surface area contributed by atoms with E-state index in [-0.39, 0.29) is 11.9 Å². The Bertz CT molecular complexity index is 675. The van der Waals surface area contributed by atoms with Gasteiger partial charge in [-0.2, -0.15) is 0 Å². The van der Waals surface area contributed by atoms with Crippen LogP contribution in [0.25, 0.3) is 0 Å². The van der Waals surface area contributed by atoms with Crippen LogP contribution >= 0.6 is 0 Å². The van der Waals surface area contributed by atoms with Gasteiger partial charge in [0.15, 0.2) is 0 Å². The first-order valence-corrected chi connectivity index (χ1v) is 9.35. The number of piperidine rings is 1. The molecule has 0 aliphatic carbocycles. The predicted molar refractivity (Wildman–Crippen MR) is 94.3 cm³/mol. The van der Waals surface area contributed by atoms with Gasteiger partial charge in [0.2, 0.25) is 5.91 Å². The van der Waals surface area contributed by atoms with E-state index in [1.54, 1.807) is 12.1 Å². The lowest BCUT2D eigenvalue weighted by Gasteiger charge is -2.33. The van der Waals surface area contributed by atoms with Crippen LogP contribution in [0.2, 0.25) is 0 Å². The van der Waals surface area contributed by atoms with E-state index < -0.39 is 0 Å². The van der Waals surface area contributed by atoms with E-state index in [2.05, 4.69) is 4.90 Å². The summed E-state index contributed by atoms with van der Waals surface area (Å²) in [5.41, 5.74) is 1.38. The standard InChI is InChI=1S/C20H26N2O3/c1-25-20(24)15-6-4-5-14(9-15)10-19(23)22-12-16-11-21-8-3-2-7-18(21)17(16)13-22/h4-6,9,16-18H,2-3,7-8,10-13H2,1H3/t16-,17+,18+/m0/s1. The third-order valence-corrected chi connectivity index (χ3v) is 6.18. The first kappa shape index (κ1) is 16.6. The van der Waals surface area contributed by atoms with Gasteiger partial charge in [-0.25, -0.2) is 4.79 Å². The lowest BCUT2D eigenvalue weighted by Crippen LogP contribution is -2.41. The van der Waals surface area contributed by atoms with Gasteiger partial charge in [-0.05, 0) is 48.9 Å². The smallest absolute Gasteiger partial charge is 0.337 e. The number of carbonyl (C=O) groups is 2. The molecule has 5 nitrogen and oxygen atoms in total. The Kier molecular flexibility index (Phi) is 4.50. The number of nitrogens with zero attached hydrogens (tertiary/aromatic N) is 2. The maximum absolute atomic E-state index is 12.8. The highest BCUT2D eigenvalue weighted by atomic mass is 16.5. The highest BCUT2D eigenvalue weighted by Crippen LogP contribution is 2.40. The zero-order valence-corrected chi connectivity index (χ0v) is 14.8. The van der Waals surface area contributed by atoms with Gasteiger partial charge in [-0.3, -0.25) is 9.69 Å². The summed E-state index contributed by atoms with van der Waals surface area (Å²) in [6, 6.07) is 7.90. The molecule has 0 N–H and O–H groups in total. The lowest BCUT2D eigenvalue weighted by atomic mass is 9.90. The Morgan fingerprint density at radius 3 is 2.92 bits per heavy atom. The van der Waals surface area contributed by atoms with Gasteiger partial charge in [0, 0.05) is 25.7 Å². The number of methoxy groups -OCH3 is 1. The summed E-state index contributed by atoms with van der Waals surface area (Å²) in [5.74, 6) is 1.13. The maximum atomic E-state index is 12.8. The second kappa shape index (κ2) is 6.79. The second-order valence-electron chi connectivity index (χ2n) is 7.65. The molecule has 0 unspecified atom stereocenters. The maximum Gasteiger partial charge on any atom is 0.337 e. The molecule has 3 aliphatic rings. The highest BCUT2D eigenvalue weighted by molar-refractivity contribution is 5.90. The summed E-state index contributed by atoms with van der Waals surface area (Å²) >= 11 is 0. The number of rotatable bonds is 3. The molecule has 5 heteroatoms. The number of hydrogen-bond donors (Lipinski definition) is 0. The van der Waals surface area contributed by atoms with Gasteiger partial charge < -0.3 is 9.64 Å². The number of benzene rings is 1. The fraction of sp³-hybridized carbons (Fsp3) is 0.600. The van der Waals surface area contributed by atoms with Crippen LogP contribution in [0.3, 0.4) is 0 Å². The topological polar surface area (TPSA) is 49.9 Å². The molecule has 4 rings (SSSR count). The number of amides is 1. The van der Waals surface area contributed by atoms with Gasteiger partial charge in [-0.1, -0.05) is 18.6 Å². The van der Waals surface area contributed by atoms with Crippen LogP contribution in [-0.2, 0) is 16.0 Å². The zero-order valence-electron chi connectivity index (χ0n) is 14.8. The minimum atomic E-state index is -0.359. The van der Waals surface area contributed by atoms with Crippen molar-refractivity contribution in [2.24, 2.45) is 11.8 Å². The predicted octanol–water partition coefficient (Wildman–Crippen LogP) is 1.96. The monoisotopic (exact) mass is 342 g/mol. The molecule has 0 bridgehead atoms. The first-order chi connectivity index (χ1) is 12.2. The highest BCUT2D eigenvalue weighted by Gasteiger charge is 2.48. The molecular weight excluding hydrogens is 316 g/mol. The van der Waals surface area contributed by atoms with E-state index in [0.29, 0.717) is 29.9 Å². The third kappa shape index (κ3) is 3.17. The minimum Gasteiger partial charge on any atom is -0.465 e. The van der Waals surface area contributed by atoms with Crippen molar-refractivity contribution in [2.75, 3.05) is 33.3 Å². The van der Waals surface area contributed by atoms with Crippen molar-refractivity contribution in [1.29, 1.82) is 0 Å². The molecule has 3 heterocycles. The molecule has 0 radical (unpaired) electrons. The van der Waals surface area contributed by atoms with E-state index in [1.165, 1.54) is 32.9 Å². The average molecular weight is 342 g/mol. The molecule has 3 aliphatic heterocycles. The Labute approximate surface area is 148 Å². The first-order valence-electron chi connectivity index (χ1n) is 9.35. The molecule has 1 aromatic carbocycles.